The third kappa shape index (κ3) is 3.26. The highest BCUT2D eigenvalue weighted by atomic mass is 16.2. The second-order valence-electron chi connectivity index (χ2n) is 7.14. The van der Waals surface area contributed by atoms with E-state index >= 15 is 0 Å². The summed E-state index contributed by atoms with van der Waals surface area (Å²) in [5, 5.41) is 0. The standard InChI is InChI=1S/C20H24N6O2/c1-2-10-26-19-16(23-20(26)28)15(17(21)27)22-18(24-19)13-6-8-14(9-7-13)25-11-4-3-5-12-25/h6-9H,2-5,10-12H2,1H3,(H2,21,27)(H,23,28). The first-order valence-electron chi connectivity index (χ1n) is 9.74. The third-order valence-corrected chi connectivity index (χ3v) is 5.15. The molecular weight excluding hydrogens is 356 g/mol. The van der Waals surface area contributed by atoms with Gasteiger partial charge in [-0.05, 0) is 49.9 Å². The van der Waals surface area contributed by atoms with Gasteiger partial charge in [0, 0.05) is 30.9 Å². The Bertz CT molecular complexity index is 1060. The number of rotatable bonds is 5. The van der Waals surface area contributed by atoms with Gasteiger partial charge in [0.25, 0.3) is 5.91 Å². The maximum atomic E-state index is 12.3. The van der Waals surface area contributed by atoms with Gasteiger partial charge in [-0.3, -0.25) is 9.36 Å². The van der Waals surface area contributed by atoms with Crippen LogP contribution in [0, 0.1) is 0 Å². The van der Waals surface area contributed by atoms with Crippen molar-refractivity contribution in [3.05, 3.63) is 40.4 Å². The number of H-pyrrole nitrogens is 1. The van der Waals surface area contributed by atoms with Gasteiger partial charge in [-0.1, -0.05) is 6.92 Å². The number of primary amides is 1. The average Bonchev–Trinajstić information content (AvgIpc) is 3.03. The molecule has 1 aromatic carbocycles. The number of aromatic amines is 1. The molecule has 0 unspecified atom stereocenters. The van der Waals surface area contributed by atoms with Gasteiger partial charge in [0.15, 0.2) is 17.2 Å². The largest absolute Gasteiger partial charge is 0.372 e. The van der Waals surface area contributed by atoms with E-state index in [9.17, 15) is 9.59 Å². The molecule has 3 heterocycles. The first-order valence-corrected chi connectivity index (χ1v) is 9.74. The minimum absolute atomic E-state index is 0.0343. The van der Waals surface area contributed by atoms with E-state index < -0.39 is 5.91 Å². The van der Waals surface area contributed by atoms with Crippen LogP contribution in [0.2, 0.25) is 0 Å². The van der Waals surface area contributed by atoms with E-state index in [1.54, 1.807) is 0 Å². The molecule has 1 fully saturated rings. The van der Waals surface area contributed by atoms with E-state index in [4.69, 9.17) is 5.73 Å². The number of hydrogen-bond acceptors (Lipinski definition) is 5. The average molecular weight is 380 g/mol. The number of aromatic nitrogens is 4. The lowest BCUT2D eigenvalue weighted by atomic mass is 10.1. The zero-order valence-electron chi connectivity index (χ0n) is 15.9. The highest BCUT2D eigenvalue weighted by Gasteiger charge is 2.19. The van der Waals surface area contributed by atoms with Crippen LogP contribution in [0.3, 0.4) is 0 Å². The molecule has 0 bridgehead atoms. The van der Waals surface area contributed by atoms with Crippen molar-refractivity contribution in [1.29, 1.82) is 0 Å². The van der Waals surface area contributed by atoms with E-state index in [-0.39, 0.29) is 11.4 Å². The predicted molar refractivity (Wildman–Crippen MR) is 108 cm³/mol. The first-order chi connectivity index (χ1) is 13.6. The van der Waals surface area contributed by atoms with Crippen LogP contribution < -0.4 is 16.3 Å². The lowest BCUT2D eigenvalue weighted by Crippen LogP contribution is -2.29. The Kier molecular flexibility index (Phi) is 4.85. The molecule has 146 valence electrons. The number of nitrogens with two attached hydrogens (primary N) is 1. The monoisotopic (exact) mass is 380 g/mol. The van der Waals surface area contributed by atoms with Crippen LogP contribution in [0.15, 0.2) is 29.1 Å². The summed E-state index contributed by atoms with van der Waals surface area (Å²) in [5.74, 6) is -0.307. The number of imidazole rings is 1. The van der Waals surface area contributed by atoms with Gasteiger partial charge in [-0.15, -0.1) is 0 Å². The molecule has 28 heavy (non-hydrogen) atoms. The molecule has 2 aromatic heterocycles. The molecule has 1 saturated heterocycles. The quantitative estimate of drug-likeness (QED) is 0.706. The van der Waals surface area contributed by atoms with E-state index in [0.717, 1.165) is 25.1 Å². The maximum absolute atomic E-state index is 12.3. The lowest BCUT2D eigenvalue weighted by Gasteiger charge is -2.28. The van der Waals surface area contributed by atoms with Gasteiger partial charge in [0.1, 0.15) is 5.52 Å². The van der Waals surface area contributed by atoms with Crippen LogP contribution in [0.5, 0.6) is 0 Å². The molecule has 0 spiro atoms. The second-order valence-corrected chi connectivity index (χ2v) is 7.14. The third-order valence-electron chi connectivity index (χ3n) is 5.15. The number of hydrogen-bond donors (Lipinski definition) is 2. The van der Waals surface area contributed by atoms with Gasteiger partial charge >= 0.3 is 5.69 Å². The zero-order chi connectivity index (χ0) is 19.7. The number of aryl methyl sites for hydroxylation is 1. The minimum atomic E-state index is -0.691. The Morgan fingerprint density at radius 1 is 1.14 bits per heavy atom. The normalized spacial score (nSPS) is 14.5. The van der Waals surface area contributed by atoms with Crippen molar-refractivity contribution in [2.75, 3.05) is 18.0 Å². The van der Waals surface area contributed by atoms with Gasteiger partial charge in [-0.2, -0.15) is 0 Å². The van der Waals surface area contributed by atoms with Crippen LogP contribution in [-0.2, 0) is 6.54 Å². The number of nitrogens with zero attached hydrogens (tertiary/aromatic N) is 4. The van der Waals surface area contributed by atoms with Crippen LogP contribution in [0.4, 0.5) is 5.69 Å². The molecule has 0 aliphatic carbocycles. The summed E-state index contributed by atoms with van der Waals surface area (Å²) in [4.78, 5) is 38.1. The summed E-state index contributed by atoms with van der Waals surface area (Å²) in [7, 11) is 0. The Hall–Kier alpha value is -3.16. The number of benzene rings is 1. The number of anilines is 1. The van der Waals surface area contributed by atoms with Crippen molar-refractivity contribution in [3.63, 3.8) is 0 Å². The number of amides is 1. The molecule has 4 rings (SSSR count). The van der Waals surface area contributed by atoms with Crippen LogP contribution in [-0.4, -0.2) is 38.5 Å². The fraction of sp³-hybridized carbons (Fsp3) is 0.400. The number of carbonyl (C=O) groups excluding carboxylic acids is 1. The summed E-state index contributed by atoms with van der Waals surface area (Å²) in [6.45, 7) is 4.61. The Morgan fingerprint density at radius 2 is 1.86 bits per heavy atom. The van der Waals surface area contributed by atoms with E-state index in [1.165, 1.54) is 29.5 Å². The lowest BCUT2D eigenvalue weighted by molar-refractivity contribution is 0.0997. The van der Waals surface area contributed by atoms with Crippen LogP contribution in [0.25, 0.3) is 22.6 Å². The molecule has 0 radical (unpaired) electrons. The zero-order valence-corrected chi connectivity index (χ0v) is 15.9. The molecule has 0 saturated carbocycles. The van der Waals surface area contributed by atoms with Crippen LogP contribution >= 0.6 is 0 Å². The second kappa shape index (κ2) is 7.46. The molecule has 1 aliphatic heterocycles. The molecule has 8 heteroatoms. The van der Waals surface area contributed by atoms with Gasteiger partial charge < -0.3 is 15.6 Å². The smallest absolute Gasteiger partial charge is 0.327 e. The SMILES string of the molecule is CCCn1c(=O)[nH]c2c(C(N)=O)nc(-c3ccc(N4CCCCC4)cc3)nc21. The highest BCUT2D eigenvalue weighted by molar-refractivity contribution is 6.01. The summed E-state index contributed by atoms with van der Waals surface area (Å²) < 4.78 is 1.52. The molecule has 1 amide bonds. The fourth-order valence-electron chi connectivity index (χ4n) is 3.74. The minimum Gasteiger partial charge on any atom is -0.372 e. The van der Waals surface area contributed by atoms with Gasteiger partial charge in [0.2, 0.25) is 0 Å². The van der Waals surface area contributed by atoms with Gasteiger partial charge in [0.05, 0.1) is 0 Å². The number of nitrogens with one attached hydrogen (secondary N) is 1. The molecular formula is C20H24N6O2. The van der Waals surface area contributed by atoms with Crippen molar-refractivity contribution in [2.24, 2.45) is 5.73 Å². The van der Waals surface area contributed by atoms with E-state index in [0.29, 0.717) is 23.5 Å². The maximum Gasteiger partial charge on any atom is 0.327 e. The van der Waals surface area contributed by atoms with Crippen molar-refractivity contribution in [2.45, 2.75) is 39.2 Å². The van der Waals surface area contributed by atoms with Crippen molar-refractivity contribution in [3.8, 4) is 11.4 Å². The van der Waals surface area contributed by atoms with Crippen molar-refractivity contribution in [1.82, 2.24) is 19.5 Å². The van der Waals surface area contributed by atoms with E-state index in [1.807, 2.05) is 31.2 Å². The van der Waals surface area contributed by atoms with E-state index in [2.05, 4.69) is 19.9 Å². The Labute approximate surface area is 162 Å². The fourth-order valence-corrected chi connectivity index (χ4v) is 3.74. The molecule has 3 N–H and O–H groups in total. The number of fused-ring (bicyclic) bond motifs is 1. The molecule has 3 aromatic rings. The summed E-state index contributed by atoms with van der Waals surface area (Å²) in [6.07, 6.45) is 4.48. The topological polar surface area (TPSA) is 110 Å². The van der Waals surface area contributed by atoms with Crippen LogP contribution in [0.1, 0.15) is 43.1 Å². The number of carbonyl (C=O) groups is 1. The van der Waals surface area contributed by atoms with Gasteiger partial charge in [-0.25, -0.2) is 14.8 Å². The first kappa shape index (κ1) is 18.2. The summed E-state index contributed by atoms with van der Waals surface area (Å²) >= 11 is 0. The molecule has 1 aliphatic rings. The summed E-state index contributed by atoms with van der Waals surface area (Å²) in [6, 6.07) is 8.00. The van der Waals surface area contributed by atoms with Crippen molar-refractivity contribution >= 4 is 22.8 Å². The predicted octanol–water partition coefficient (Wildman–Crippen LogP) is 2.29. The molecule has 0 atom stereocenters. The molecule has 8 nitrogen and oxygen atoms in total. The summed E-state index contributed by atoms with van der Waals surface area (Å²) in [5.41, 5.74) is 7.88. The Morgan fingerprint density at radius 3 is 2.50 bits per heavy atom. The van der Waals surface area contributed by atoms with Crippen molar-refractivity contribution < 1.29 is 4.79 Å². The number of piperidine rings is 1. The highest BCUT2D eigenvalue weighted by Crippen LogP contribution is 2.25. The Balaban J connectivity index is 1.78.